The fraction of sp³-hybridized carbons (Fsp3) is 0.400. The molecule has 72 heavy (non-hydrogen) atoms. The van der Waals surface area contributed by atoms with Crippen LogP contribution in [0.5, 0.6) is 0 Å². The molecule has 0 saturated heterocycles. The van der Waals surface area contributed by atoms with E-state index in [1.165, 1.54) is 18.2 Å². The van der Waals surface area contributed by atoms with Crippen LogP contribution in [0.15, 0.2) is 94.9 Å². The molecule has 5 unspecified atom stereocenters. The molecular weight excluding hydrogens is 930 g/mol. The highest BCUT2D eigenvalue weighted by Gasteiger charge is 2.36. The van der Waals surface area contributed by atoms with E-state index in [9.17, 15) is 42.7 Å². The molecular formula is C50H68FN13O8. The first-order chi connectivity index (χ1) is 34.2. The Morgan fingerprint density at radius 2 is 1.21 bits per heavy atom. The second-order valence-corrected chi connectivity index (χ2v) is 17.4. The van der Waals surface area contributed by atoms with Gasteiger partial charge in [0.1, 0.15) is 30.0 Å². The summed E-state index contributed by atoms with van der Waals surface area (Å²) in [7, 11) is 0. The van der Waals surface area contributed by atoms with Gasteiger partial charge in [0.05, 0.1) is 11.7 Å². The van der Waals surface area contributed by atoms with Crippen molar-refractivity contribution in [2.75, 3.05) is 13.1 Å². The summed E-state index contributed by atoms with van der Waals surface area (Å²) in [4.78, 5) is 118. The molecule has 388 valence electrons. The van der Waals surface area contributed by atoms with Gasteiger partial charge in [0.2, 0.25) is 35.4 Å². The first-order valence-electron chi connectivity index (χ1n) is 23.4. The van der Waals surface area contributed by atoms with Gasteiger partial charge in [-0.1, -0.05) is 68.4 Å². The van der Waals surface area contributed by atoms with E-state index in [0.29, 0.717) is 28.8 Å². The predicted octanol–water partition coefficient (Wildman–Crippen LogP) is 0.585. The molecule has 0 spiro atoms. The van der Waals surface area contributed by atoms with Crippen LogP contribution in [0.2, 0.25) is 0 Å². The van der Waals surface area contributed by atoms with Crippen LogP contribution in [0.25, 0.3) is 6.08 Å². The maximum absolute atomic E-state index is 14.7. The number of halogens is 1. The van der Waals surface area contributed by atoms with Gasteiger partial charge in [-0.3, -0.25) is 48.2 Å². The lowest BCUT2D eigenvalue weighted by Crippen LogP contribution is -2.60. The molecule has 0 fully saturated rings. The maximum Gasteiger partial charge on any atom is 0.253 e. The number of nitrogens with one attached hydrogen (secondary N) is 4. The van der Waals surface area contributed by atoms with Crippen molar-refractivity contribution in [1.29, 1.82) is 0 Å². The highest BCUT2D eigenvalue weighted by atomic mass is 19.1. The Morgan fingerprint density at radius 1 is 0.653 bits per heavy atom. The SMILES string of the molecule is CC(=O)N(C(=O)/C=C/c1ccccc1)C(Cc1ccc(F)cc1)C(=O)NC(Cc1ccc(N=C(N)N)cc1)C(=O)NC(CC(C)C)C(=O)NC(CCCN=C(N)N)C(=O)NC(CCCN)C(=O)CCC(N)=O. The molecule has 7 amide bonds. The van der Waals surface area contributed by atoms with Crippen LogP contribution in [-0.4, -0.2) is 107 Å². The number of amides is 7. The van der Waals surface area contributed by atoms with E-state index in [1.807, 2.05) is 0 Å². The van der Waals surface area contributed by atoms with Crippen molar-refractivity contribution < 1.29 is 42.7 Å². The number of primary amides is 1. The molecule has 3 rings (SSSR count). The average Bonchev–Trinajstić information content (AvgIpc) is 3.32. The van der Waals surface area contributed by atoms with Crippen molar-refractivity contribution in [3.63, 3.8) is 0 Å². The number of carbonyl (C=O) groups is 8. The van der Waals surface area contributed by atoms with Crippen LogP contribution in [0.3, 0.4) is 0 Å². The molecule has 0 aliphatic rings. The monoisotopic (exact) mass is 998 g/mol. The predicted molar refractivity (Wildman–Crippen MR) is 271 cm³/mol. The zero-order valence-electron chi connectivity index (χ0n) is 40.9. The topological polar surface area (TPSA) is 369 Å². The minimum absolute atomic E-state index is 0.0222. The number of nitrogens with two attached hydrogens (primary N) is 6. The highest BCUT2D eigenvalue weighted by molar-refractivity contribution is 6.06. The molecule has 0 aliphatic heterocycles. The smallest absolute Gasteiger partial charge is 0.253 e. The van der Waals surface area contributed by atoms with Crippen molar-refractivity contribution in [3.8, 4) is 0 Å². The summed E-state index contributed by atoms with van der Waals surface area (Å²) in [6.07, 6.45) is 2.31. The Hall–Kier alpha value is -8.01. The molecule has 0 radical (unpaired) electrons. The number of nitrogens with zero attached hydrogens (tertiary/aromatic N) is 3. The van der Waals surface area contributed by atoms with Gasteiger partial charge in [-0.15, -0.1) is 0 Å². The van der Waals surface area contributed by atoms with E-state index in [2.05, 4.69) is 31.3 Å². The molecule has 0 bridgehead atoms. The fourth-order valence-corrected chi connectivity index (χ4v) is 7.40. The number of hydrogen-bond acceptors (Lipinski definition) is 11. The lowest BCUT2D eigenvalue weighted by Gasteiger charge is -2.30. The van der Waals surface area contributed by atoms with Gasteiger partial charge >= 0.3 is 0 Å². The maximum atomic E-state index is 14.7. The number of guanidine groups is 2. The highest BCUT2D eigenvalue weighted by Crippen LogP contribution is 2.18. The second kappa shape index (κ2) is 29.9. The van der Waals surface area contributed by atoms with Crippen LogP contribution >= 0.6 is 0 Å². The molecule has 0 heterocycles. The lowest BCUT2D eigenvalue weighted by molar-refractivity contribution is -0.148. The normalized spacial score (nSPS) is 13.1. The summed E-state index contributed by atoms with van der Waals surface area (Å²) in [6.45, 7) is 4.97. The molecule has 0 aromatic heterocycles. The number of benzene rings is 3. The standard InChI is InChI=1S/C50H68FN13O8/c1-30(2)27-39(46(70)61-38(12-8-26-58-49(54)55)45(69)60-37(11-7-25-52)42(66)22-23-43(53)67)62-47(71)40(28-33-15-20-36(21-16-33)59-50(56)57)63-48(72)41(29-34-13-18-35(51)19-14-34)64(31(3)65)44(68)24-17-32-9-5-4-6-10-32/h4-6,9-10,13-21,24,30,37-41H,7-8,11-12,22-23,25-29,52H2,1-3H3,(H2,53,67)(H,60,69)(H,61,70)(H,62,71)(H,63,72)(H4,54,55,58)(H4,56,57,59)/b24-17+. The van der Waals surface area contributed by atoms with Gasteiger partial charge in [0.15, 0.2) is 17.7 Å². The van der Waals surface area contributed by atoms with Crippen molar-refractivity contribution in [3.05, 3.63) is 107 Å². The number of rotatable bonds is 29. The van der Waals surface area contributed by atoms with Crippen molar-refractivity contribution in [2.24, 2.45) is 50.3 Å². The molecule has 5 atom stereocenters. The van der Waals surface area contributed by atoms with Crippen LogP contribution in [0.1, 0.15) is 82.4 Å². The van der Waals surface area contributed by atoms with Gasteiger partial charge in [0.25, 0.3) is 5.91 Å². The molecule has 16 N–H and O–H groups in total. The van der Waals surface area contributed by atoms with E-state index in [0.717, 1.165) is 30.0 Å². The molecule has 0 aliphatic carbocycles. The second-order valence-electron chi connectivity index (χ2n) is 17.4. The molecule has 3 aromatic carbocycles. The van der Waals surface area contributed by atoms with E-state index >= 15 is 0 Å². The number of Topliss-reactive ketones (excluding diaryl/α,β-unsaturated/α-hetero) is 1. The van der Waals surface area contributed by atoms with Crippen molar-refractivity contribution in [1.82, 2.24) is 26.2 Å². The van der Waals surface area contributed by atoms with Crippen molar-refractivity contribution >= 4 is 70.8 Å². The minimum Gasteiger partial charge on any atom is -0.370 e. The third-order valence-corrected chi connectivity index (χ3v) is 11.0. The first-order valence-corrected chi connectivity index (χ1v) is 23.4. The largest absolute Gasteiger partial charge is 0.370 e. The van der Waals surface area contributed by atoms with Crippen molar-refractivity contribution in [2.45, 2.75) is 109 Å². The molecule has 21 nitrogen and oxygen atoms in total. The van der Waals surface area contributed by atoms with Crippen LogP contribution in [0.4, 0.5) is 10.1 Å². The Labute approximate surface area is 418 Å². The molecule has 0 saturated carbocycles. The summed E-state index contributed by atoms with van der Waals surface area (Å²) >= 11 is 0. The average molecular weight is 998 g/mol. The summed E-state index contributed by atoms with van der Waals surface area (Å²) in [5.41, 5.74) is 35.0. The fourth-order valence-electron chi connectivity index (χ4n) is 7.40. The van der Waals surface area contributed by atoms with E-state index in [-0.39, 0.29) is 82.3 Å². The number of carbonyl (C=O) groups excluding carboxylic acids is 8. The lowest BCUT2D eigenvalue weighted by atomic mass is 9.99. The van der Waals surface area contributed by atoms with E-state index in [4.69, 9.17) is 34.4 Å². The van der Waals surface area contributed by atoms with Gasteiger partial charge in [-0.05, 0) is 91.6 Å². The summed E-state index contributed by atoms with van der Waals surface area (Å²) in [6, 6.07) is 13.4. The van der Waals surface area contributed by atoms with Gasteiger partial charge < -0.3 is 55.7 Å². The van der Waals surface area contributed by atoms with Crippen LogP contribution in [0, 0.1) is 11.7 Å². The molecule has 3 aromatic rings. The quantitative estimate of drug-likeness (QED) is 0.0197. The van der Waals surface area contributed by atoms with Crippen LogP contribution in [-0.2, 0) is 51.2 Å². The van der Waals surface area contributed by atoms with Gasteiger partial charge in [-0.2, -0.15) is 0 Å². The van der Waals surface area contributed by atoms with E-state index < -0.39 is 83.2 Å². The number of hydrogen-bond donors (Lipinski definition) is 10. The number of ketones is 1. The Balaban J connectivity index is 2.07. The minimum atomic E-state index is -1.58. The van der Waals surface area contributed by atoms with Gasteiger partial charge in [-0.25, -0.2) is 9.38 Å². The summed E-state index contributed by atoms with van der Waals surface area (Å²) in [5, 5.41) is 10.8. The Bertz CT molecular complexity index is 2410. The Kier molecular flexibility index (Phi) is 24.2. The van der Waals surface area contributed by atoms with Crippen LogP contribution < -0.4 is 55.7 Å². The zero-order chi connectivity index (χ0) is 53.3. The third kappa shape index (κ3) is 20.9. The van der Waals surface area contributed by atoms with E-state index in [1.54, 1.807) is 68.4 Å². The molecule has 22 heteroatoms. The number of imide groups is 1. The number of aliphatic imine (C=N–C) groups is 2. The first kappa shape index (κ1) is 58.3. The third-order valence-electron chi connectivity index (χ3n) is 11.0. The summed E-state index contributed by atoms with van der Waals surface area (Å²) < 4.78 is 14.1. The summed E-state index contributed by atoms with van der Waals surface area (Å²) in [5.74, 6) is -7.37. The van der Waals surface area contributed by atoms with Gasteiger partial charge in [0, 0.05) is 45.2 Å². The Morgan fingerprint density at radius 3 is 1.79 bits per heavy atom. The zero-order valence-corrected chi connectivity index (χ0v) is 40.9.